The topological polar surface area (TPSA) is 49.4 Å². The van der Waals surface area contributed by atoms with Crippen LogP contribution in [-0.4, -0.2) is 11.8 Å². The van der Waals surface area contributed by atoms with Crippen LogP contribution in [0.2, 0.25) is 0 Å². The molecule has 2 aromatic carbocycles. The fourth-order valence-corrected chi connectivity index (χ4v) is 2.80. The van der Waals surface area contributed by atoms with Crippen molar-refractivity contribution >= 4 is 39.5 Å². The molecule has 0 radical (unpaired) electrons. The number of nitrogens with zero attached hydrogens (tertiary/aromatic N) is 1. The van der Waals surface area contributed by atoms with Crippen LogP contribution in [0.4, 0.5) is 5.69 Å². The van der Waals surface area contributed by atoms with Gasteiger partial charge in [-0.05, 0) is 47.9 Å². The van der Waals surface area contributed by atoms with E-state index in [9.17, 15) is 9.59 Å². The maximum absolute atomic E-state index is 12.5. The van der Waals surface area contributed by atoms with Gasteiger partial charge in [0.2, 0.25) is 0 Å². The molecule has 0 spiro atoms. The van der Waals surface area contributed by atoms with Crippen molar-refractivity contribution in [2.24, 2.45) is 0 Å². The van der Waals surface area contributed by atoms with E-state index in [0.29, 0.717) is 5.69 Å². The normalized spacial score (nSPS) is 16.1. The number of halogens is 1. The molecule has 4 nitrogen and oxygen atoms in total. The molecule has 0 aliphatic carbocycles. The molecule has 0 saturated carbocycles. The van der Waals surface area contributed by atoms with Crippen LogP contribution in [0.25, 0.3) is 6.08 Å². The number of benzene rings is 2. The summed E-state index contributed by atoms with van der Waals surface area (Å²) < 4.78 is 0.893. The van der Waals surface area contributed by atoms with Crippen LogP contribution >= 0.6 is 15.9 Å². The Bertz CT molecular complexity index is 797. The van der Waals surface area contributed by atoms with E-state index in [0.717, 1.165) is 16.5 Å². The first kappa shape index (κ1) is 15.5. The summed E-state index contributed by atoms with van der Waals surface area (Å²) in [5, 5.41) is 1.28. The summed E-state index contributed by atoms with van der Waals surface area (Å²) >= 11 is 3.38. The third-order valence-electron chi connectivity index (χ3n) is 3.65. The van der Waals surface area contributed by atoms with Crippen LogP contribution in [0.3, 0.4) is 0 Å². The Morgan fingerprint density at radius 2 is 1.87 bits per heavy atom. The third-order valence-corrected chi connectivity index (χ3v) is 4.15. The number of carbonyl (C=O) groups excluding carboxylic acids is 2. The molecular formula is C18H15BrN2O2. The molecule has 1 aliphatic heterocycles. The SMILES string of the molecule is CCc1ccc(N2NC(=O)/C(=C\c3cccc(Br)c3)C2=O)cc1. The Hall–Kier alpha value is -2.40. The lowest BCUT2D eigenvalue weighted by Gasteiger charge is -2.14. The summed E-state index contributed by atoms with van der Waals surface area (Å²) in [5.74, 6) is -0.742. The van der Waals surface area contributed by atoms with E-state index >= 15 is 0 Å². The van der Waals surface area contributed by atoms with Crippen LogP contribution in [0.1, 0.15) is 18.1 Å². The van der Waals surface area contributed by atoms with Crippen molar-refractivity contribution in [2.75, 3.05) is 5.01 Å². The molecule has 3 rings (SSSR count). The molecule has 5 heteroatoms. The lowest BCUT2D eigenvalue weighted by atomic mass is 10.1. The Morgan fingerprint density at radius 3 is 2.52 bits per heavy atom. The molecule has 1 heterocycles. The van der Waals surface area contributed by atoms with Gasteiger partial charge in [-0.3, -0.25) is 15.0 Å². The highest BCUT2D eigenvalue weighted by Gasteiger charge is 2.34. The Kier molecular flexibility index (Phi) is 4.30. The van der Waals surface area contributed by atoms with Gasteiger partial charge in [0.15, 0.2) is 0 Å². The molecule has 0 unspecified atom stereocenters. The standard InChI is InChI=1S/C18H15BrN2O2/c1-2-12-6-8-15(9-7-12)21-18(23)16(17(22)20-21)11-13-4-3-5-14(19)10-13/h3-11H,2H2,1H3,(H,20,22)/b16-11+. The Balaban J connectivity index is 1.90. The second kappa shape index (κ2) is 6.38. The molecule has 0 aromatic heterocycles. The largest absolute Gasteiger partial charge is 0.282 e. The molecule has 1 N–H and O–H groups in total. The first-order valence-electron chi connectivity index (χ1n) is 7.30. The van der Waals surface area contributed by atoms with Crippen LogP contribution in [-0.2, 0) is 16.0 Å². The summed E-state index contributed by atoms with van der Waals surface area (Å²) in [6.45, 7) is 2.07. The molecule has 2 amide bonds. The van der Waals surface area contributed by atoms with E-state index in [1.165, 1.54) is 10.6 Å². The predicted octanol–water partition coefficient (Wildman–Crippen LogP) is 3.47. The summed E-state index contributed by atoms with van der Waals surface area (Å²) in [4.78, 5) is 24.6. The minimum Gasteiger partial charge on any atom is -0.267 e. The first-order chi connectivity index (χ1) is 11.1. The molecule has 116 valence electrons. The van der Waals surface area contributed by atoms with Crippen molar-refractivity contribution < 1.29 is 9.59 Å². The minimum atomic E-state index is -0.394. The van der Waals surface area contributed by atoms with E-state index in [1.54, 1.807) is 6.08 Å². The van der Waals surface area contributed by atoms with Crippen molar-refractivity contribution in [2.45, 2.75) is 13.3 Å². The number of rotatable bonds is 3. The van der Waals surface area contributed by atoms with Crippen molar-refractivity contribution in [3.63, 3.8) is 0 Å². The predicted molar refractivity (Wildman–Crippen MR) is 93.6 cm³/mol. The fourth-order valence-electron chi connectivity index (χ4n) is 2.38. The van der Waals surface area contributed by atoms with Crippen molar-refractivity contribution in [1.82, 2.24) is 5.43 Å². The average molecular weight is 371 g/mol. The zero-order chi connectivity index (χ0) is 16.4. The monoisotopic (exact) mass is 370 g/mol. The van der Waals surface area contributed by atoms with Gasteiger partial charge in [0.1, 0.15) is 5.57 Å². The Labute approximate surface area is 142 Å². The highest BCUT2D eigenvalue weighted by molar-refractivity contribution is 9.10. The number of hydrogen-bond acceptors (Lipinski definition) is 2. The summed E-state index contributed by atoms with van der Waals surface area (Å²) in [7, 11) is 0. The summed E-state index contributed by atoms with van der Waals surface area (Å²) in [6.07, 6.45) is 2.53. The molecule has 1 fully saturated rings. The van der Waals surface area contributed by atoms with Gasteiger partial charge < -0.3 is 0 Å². The zero-order valence-electron chi connectivity index (χ0n) is 12.5. The molecule has 1 saturated heterocycles. The first-order valence-corrected chi connectivity index (χ1v) is 8.09. The fraction of sp³-hybridized carbons (Fsp3) is 0.111. The van der Waals surface area contributed by atoms with E-state index in [2.05, 4.69) is 28.3 Å². The van der Waals surface area contributed by atoms with E-state index in [4.69, 9.17) is 0 Å². The van der Waals surface area contributed by atoms with Crippen molar-refractivity contribution in [3.05, 3.63) is 69.7 Å². The quantitative estimate of drug-likeness (QED) is 0.664. The highest BCUT2D eigenvalue weighted by Crippen LogP contribution is 2.23. The van der Waals surface area contributed by atoms with Gasteiger partial charge in [-0.1, -0.05) is 47.1 Å². The molecule has 0 atom stereocenters. The van der Waals surface area contributed by atoms with E-state index < -0.39 is 5.91 Å². The third kappa shape index (κ3) is 3.19. The highest BCUT2D eigenvalue weighted by atomic mass is 79.9. The van der Waals surface area contributed by atoms with Gasteiger partial charge >= 0.3 is 0 Å². The van der Waals surface area contributed by atoms with Gasteiger partial charge in [0.25, 0.3) is 11.8 Å². The number of carbonyl (C=O) groups is 2. The second-order valence-corrected chi connectivity index (χ2v) is 6.13. The number of hydrogen-bond donors (Lipinski definition) is 1. The average Bonchev–Trinajstić information content (AvgIpc) is 2.83. The summed E-state index contributed by atoms with van der Waals surface area (Å²) in [5.41, 5.74) is 5.36. The minimum absolute atomic E-state index is 0.127. The maximum Gasteiger partial charge on any atom is 0.282 e. The van der Waals surface area contributed by atoms with E-state index in [1.807, 2.05) is 48.5 Å². The van der Waals surface area contributed by atoms with E-state index in [-0.39, 0.29) is 11.5 Å². The Morgan fingerprint density at radius 1 is 1.13 bits per heavy atom. The molecule has 0 bridgehead atoms. The number of anilines is 1. The number of hydrazine groups is 1. The molecular weight excluding hydrogens is 356 g/mol. The van der Waals surface area contributed by atoms with Crippen LogP contribution < -0.4 is 10.4 Å². The van der Waals surface area contributed by atoms with Gasteiger partial charge in [-0.25, -0.2) is 5.01 Å². The van der Waals surface area contributed by atoms with Crippen LogP contribution in [0.5, 0.6) is 0 Å². The summed E-state index contributed by atoms with van der Waals surface area (Å²) in [6, 6.07) is 15.0. The van der Waals surface area contributed by atoms with Gasteiger partial charge in [-0.2, -0.15) is 0 Å². The number of nitrogens with one attached hydrogen (secondary N) is 1. The van der Waals surface area contributed by atoms with Gasteiger partial charge in [-0.15, -0.1) is 0 Å². The molecule has 2 aromatic rings. The molecule has 23 heavy (non-hydrogen) atoms. The molecule has 1 aliphatic rings. The van der Waals surface area contributed by atoms with Crippen molar-refractivity contribution in [3.8, 4) is 0 Å². The lowest BCUT2D eigenvalue weighted by Crippen LogP contribution is -2.35. The number of amides is 2. The van der Waals surface area contributed by atoms with Crippen molar-refractivity contribution in [1.29, 1.82) is 0 Å². The smallest absolute Gasteiger partial charge is 0.267 e. The van der Waals surface area contributed by atoms with Gasteiger partial charge in [0.05, 0.1) is 5.69 Å². The number of aryl methyl sites for hydroxylation is 1. The maximum atomic E-state index is 12.5. The lowest BCUT2D eigenvalue weighted by molar-refractivity contribution is -0.117. The zero-order valence-corrected chi connectivity index (χ0v) is 14.1. The second-order valence-electron chi connectivity index (χ2n) is 5.21. The van der Waals surface area contributed by atoms with Gasteiger partial charge in [0, 0.05) is 4.47 Å². The van der Waals surface area contributed by atoms with Crippen LogP contribution in [0.15, 0.2) is 58.6 Å². The van der Waals surface area contributed by atoms with Crippen LogP contribution in [0, 0.1) is 0 Å².